The summed E-state index contributed by atoms with van der Waals surface area (Å²) in [6.45, 7) is 1.51. The number of carbonyl (C=O) groups is 1. The molecule has 2 heterocycles. The summed E-state index contributed by atoms with van der Waals surface area (Å²) in [7, 11) is -3.73. The van der Waals surface area contributed by atoms with Crippen LogP contribution in [0.3, 0.4) is 0 Å². The minimum atomic E-state index is -3.73. The second-order valence-corrected chi connectivity index (χ2v) is 8.87. The third-order valence-corrected chi connectivity index (χ3v) is 6.64. The van der Waals surface area contributed by atoms with Gasteiger partial charge in [0.25, 0.3) is 0 Å². The largest absolute Gasteiger partial charge is 0.481 e. The summed E-state index contributed by atoms with van der Waals surface area (Å²) in [6, 6.07) is 2.31. The van der Waals surface area contributed by atoms with Gasteiger partial charge in [-0.2, -0.15) is 0 Å². The van der Waals surface area contributed by atoms with Gasteiger partial charge in [0, 0.05) is 0 Å². The number of nitrogens with one attached hydrogen (secondary N) is 1. The highest BCUT2D eigenvalue weighted by atomic mass is 79.9. The summed E-state index contributed by atoms with van der Waals surface area (Å²) in [5, 5.41) is 9.19. The van der Waals surface area contributed by atoms with Crippen molar-refractivity contribution < 1.29 is 23.1 Å². The van der Waals surface area contributed by atoms with Crippen molar-refractivity contribution in [3.8, 4) is 0 Å². The van der Waals surface area contributed by atoms with Crippen LogP contribution in [0.1, 0.15) is 6.92 Å². The number of thiophene rings is 1. The van der Waals surface area contributed by atoms with Gasteiger partial charge >= 0.3 is 5.97 Å². The number of aliphatic carboxylic acids is 1. The van der Waals surface area contributed by atoms with Crippen LogP contribution in [-0.4, -0.2) is 38.7 Å². The van der Waals surface area contributed by atoms with Gasteiger partial charge in [-0.15, -0.1) is 11.3 Å². The average Bonchev–Trinajstić information content (AvgIpc) is 2.87. The lowest BCUT2D eigenvalue weighted by atomic mass is 9.86. The Morgan fingerprint density at radius 3 is 2.84 bits per heavy atom. The molecule has 19 heavy (non-hydrogen) atoms. The van der Waals surface area contributed by atoms with E-state index in [4.69, 9.17) is 4.74 Å². The molecule has 0 spiro atoms. The summed E-state index contributed by atoms with van der Waals surface area (Å²) >= 11 is 4.26. The molecule has 0 aliphatic carbocycles. The van der Waals surface area contributed by atoms with E-state index in [1.165, 1.54) is 13.0 Å². The molecule has 0 saturated carbocycles. The van der Waals surface area contributed by atoms with Crippen LogP contribution in [-0.2, 0) is 19.6 Å². The third kappa shape index (κ3) is 2.84. The number of sulfonamides is 1. The van der Waals surface area contributed by atoms with E-state index in [9.17, 15) is 18.3 Å². The SMILES string of the molecule is CC1(C(=O)O)COCC1NS(=O)(=O)c1ccc(Br)s1. The molecule has 106 valence electrons. The third-order valence-electron chi connectivity index (χ3n) is 3.05. The lowest BCUT2D eigenvalue weighted by Gasteiger charge is -2.24. The quantitative estimate of drug-likeness (QED) is 0.833. The molecule has 2 atom stereocenters. The van der Waals surface area contributed by atoms with Crippen molar-refractivity contribution in [2.24, 2.45) is 5.41 Å². The summed E-state index contributed by atoms with van der Waals surface area (Å²) < 4.78 is 32.6. The zero-order chi connectivity index (χ0) is 14.3. The highest BCUT2D eigenvalue weighted by molar-refractivity contribution is 9.11. The molecule has 1 aromatic rings. The monoisotopic (exact) mass is 369 g/mol. The summed E-state index contributed by atoms with van der Waals surface area (Å²) in [5.74, 6) is -1.08. The summed E-state index contributed by atoms with van der Waals surface area (Å²) in [5.41, 5.74) is -1.25. The normalized spacial score (nSPS) is 27.6. The van der Waals surface area contributed by atoms with E-state index >= 15 is 0 Å². The molecule has 1 saturated heterocycles. The van der Waals surface area contributed by atoms with Crippen LogP contribution in [0.15, 0.2) is 20.1 Å². The Hall–Kier alpha value is -0.480. The fourth-order valence-electron chi connectivity index (χ4n) is 1.74. The van der Waals surface area contributed by atoms with Crippen LogP contribution in [0.2, 0.25) is 0 Å². The van der Waals surface area contributed by atoms with E-state index < -0.39 is 27.4 Å². The number of carboxylic acid groups (broad SMARTS) is 1. The predicted molar refractivity (Wildman–Crippen MR) is 72.7 cm³/mol. The standard InChI is InChI=1S/C10H12BrNO5S2/c1-10(9(13)14)5-17-4-6(10)12-19(15,16)8-3-2-7(11)18-8/h2-3,6,12H,4-5H2,1H3,(H,13,14). The van der Waals surface area contributed by atoms with Gasteiger partial charge < -0.3 is 9.84 Å². The number of ether oxygens (including phenoxy) is 1. The molecule has 1 aromatic heterocycles. The highest BCUT2D eigenvalue weighted by Crippen LogP contribution is 2.31. The second-order valence-electron chi connectivity index (χ2n) is 4.47. The van der Waals surface area contributed by atoms with Crippen molar-refractivity contribution >= 4 is 43.3 Å². The minimum Gasteiger partial charge on any atom is -0.481 e. The van der Waals surface area contributed by atoms with Gasteiger partial charge in [-0.3, -0.25) is 4.79 Å². The van der Waals surface area contributed by atoms with E-state index in [1.54, 1.807) is 6.07 Å². The van der Waals surface area contributed by atoms with E-state index in [0.717, 1.165) is 11.3 Å². The first kappa shape index (κ1) is 14.9. The number of rotatable bonds is 4. The van der Waals surface area contributed by atoms with Crippen LogP contribution in [0, 0.1) is 5.41 Å². The van der Waals surface area contributed by atoms with Crippen LogP contribution in [0.5, 0.6) is 0 Å². The second kappa shape index (κ2) is 5.13. The molecule has 1 aliphatic heterocycles. The molecule has 2 unspecified atom stereocenters. The Morgan fingerprint density at radius 1 is 1.63 bits per heavy atom. The Kier molecular flexibility index (Phi) is 4.03. The van der Waals surface area contributed by atoms with E-state index in [1.807, 2.05) is 0 Å². The molecule has 0 bridgehead atoms. The van der Waals surface area contributed by atoms with Gasteiger partial charge in [-0.05, 0) is 35.0 Å². The lowest BCUT2D eigenvalue weighted by molar-refractivity contribution is -0.148. The average molecular weight is 370 g/mol. The smallest absolute Gasteiger partial charge is 0.313 e. The molecule has 2 N–H and O–H groups in total. The van der Waals surface area contributed by atoms with Crippen molar-refractivity contribution in [3.63, 3.8) is 0 Å². The molecule has 0 aromatic carbocycles. The first-order valence-corrected chi connectivity index (χ1v) is 8.44. The highest BCUT2D eigenvalue weighted by Gasteiger charge is 2.48. The van der Waals surface area contributed by atoms with Gasteiger partial charge in [0.05, 0.1) is 23.0 Å². The minimum absolute atomic E-state index is 0.0103. The van der Waals surface area contributed by atoms with Crippen LogP contribution in [0.25, 0.3) is 0 Å². The predicted octanol–water partition coefficient (Wildman–Crippen LogP) is 1.28. The number of hydrogen-bond acceptors (Lipinski definition) is 5. The molecular weight excluding hydrogens is 358 g/mol. The molecule has 6 nitrogen and oxygen atoms in total. The van der Waals surface area contributed by atoms with Crippen LogP contribution in [0.4, 0.5) is 0 Å². The molecule has 1 fully saturated rings. The van der Waals surface area contributed by atoms with Gasteiger partial charge in [-0.25, -0.2) is 13.1 Å². The van der Waals surface area contributed by atoms with Gasteiger partial charge in [-0.1, -0.05) is 0 Å². The maximum absolute atomic E-state index is 12.1. The molecule has 1 aliphatic rings. The van der Waals surface area contributed by atoms with Crippen molar-refractivity contribution in [2.45, 2.75) is 17.2 Å². The van der Waals surface area contributed by atoms with Gasteiger partial charge in [0.15, 0.2) is 0 Å². The van der Waals surface area contributed by atoms with E-state index in [0.29, 0.717) is 3.79 Å². The number of carboxylic acids is 1. The molecular formula is C10H12BrNO5S2. The fraction of sp³-hybridized carbons (Fsp3) is 0.500. The summed E-state index contributed by atoms with van der Waals surface area (Å²) in [6.07, 6.45) is 0. The van der Waals surface area contributed by atoms with Crippen molar-refractivity contribution in [1.29, 1.82) is 0 Å². The maximum atomic E-state index is 12.1. The van der Waals surface area contributed by atoms with Crippen molar-refractivity contribution in [1.82, 2.24) is 4.72 Å². The maximum Gasteiger partial charge on any atom is 0.313 e. The van der Waals surface area contributed by atoms with Crippen molar-refractivity contribution in [2.75, 3.05) is 13.2 Å². The van der Waals surface area contributed by atoms with Crippen molar-refractivity contribution in [3.05, 3.63) is 15.9 Å². The Morgan fingerprint density at radius 2 is 2.32 bits per heavy atom. The first-order valence-electron chi connectivity index (χ1n) is 5.34. The number of hydrogen-bond donors (Lipinski definition) is 2. The molecule has 0 amide bonds. The Labute approximate surface area is 123 Å². The molecule has 9 heteroatoms. The molecule has 2 rings (SSSR count). The number of halogens is 1. The summed E-state index contributed by atoms with van der Waals surface area (Å²) in [4.78, 5) is 11.2. The van der Waals surface area contributed by atoms with Gasteiger partial charge in [0.1, 0.15) is 9.62 Å². The molecule has 0 radical (unpaired) electrons. The van der Waals surface area contributed by atoms with Gasteiger partial charge in [0.2, 0.25) is 10.0 Å². The van der Waals surface area contributed by atoms with E-state index in [-0.39, 0.29) is 17.4 Å². The van der Waals surface area contributed by atoms with Crippen LogP contribution < -0.4 is 4.72 Å². The Balaban J connectivity index is 2.23. The first-order chi connectivity index (χ1) is 8.75. The lowest BCUT2D eigenvalue weighted by Crippen LogP contribution is -2.49. The van der Waals surface area contributed by atoms with E-state index in [2.05, 4.69) is 20.7 Å². The zero-order valence-electron chi connectivity index (χ0n) is 9.92. The topological polar surface area (TPSA) is 92.7 Å². The Bertz CT molecular complexity index is 599. The van der Waals surface area contributed by atoms with Crippen LogP contribution >= 0.6 is 27.3 Å². The zero-order valence-corrected chi connectivity index (χ0v) is 13.1. The fourth-order valence-corrected chi connectivity index (χ4v) is 5.10.